The molecule has 0 saturated carbocycles. The number of carbonyl (C=O) groups excluding carboxylic acids is 1. The minimum absolute atomic E-state index is 0.190. The highest BCUT2D eigenvalue weighted by atomic mass is 32.2. The van der Waals surface area contributed by atoms with Gasteiger partial charge in [0.05, 0.1) is 11.6 Å². The minimum atomic E-state index is -4.10. The first-order chi connectivity index (χ1) is 11.2. The molecule has 2 aromatic heterocycles. The van der Waals surface area contributed by atoms with Crippen LogP contribution in [0, 0.1) is 0 Å². The largest absolute Gasteiger partial charge is 0.393 e. The molecule has 0 fully saturated rings. The monoisotopic (exact) mass is 348 g/mol. The number of sulfonamides is 1. The first kappa shape index (κ1) is 16.4. The lowest BCUT2D eigenvalue weighted by Crippen LogP contribution is -2.19. The van der Waals surface area contributed by atoms with Gasteiger partial charge in [0.1, 0.15) is 0 Å². The summed E-state index contributed by atoms with van der Waals surface area (Å²) in [6, 6.07) is 6.75. The fourth-order valence-electron chi connectivity index (χ4n) is 2.71. The van der Waals surface area contributed by atoms with E-state index in [1.807, 2.05) is 12.1 Å². The van der Waals surface area contributed by atoms with Crippen molar-refractivity contribution in [2.24, 2.45) is 10.9 Å². The van der Waals surface area contributed by atoms with E-state index in [4.69, 9.17) is 10.9 Å². The average Bonchev–Trinajstić information content (AvgIpc) is 2.82. The van der Waals surface area contributed by atoms with Crippen molar-refractivity contribution in [1.29, 1.82) is 0 Å². The molecule has 0 saturated heterocycles. The number of nitrogens with two attached hydrogens (primary N) is 2. The summed E-state index contributed by atoms with van der Waals surface area (Å²) in [4.78, 5) is 18.5. The molecule has 1 atom stereocenters. The minimum Gasteiger partial charge on any atom is -0.393 e. The maximum Gasteiger partial charge on any atom is 0.269 e. The normalized spacial score (nSPS) is 13.5. The first-order valence-electron chi connectivity index (χ1n) is 7.13. The summed E-state index contributed by atoms with van der Waals surface area (Å²) in [7, 11) is -4.10. The highest BCUT2D eigenvalue weighted by Gasteiger charge is 2.20. The summed E-state index contributed by atoms with van der Waals surface area (Å²) in [5.74, 6) is -0.860. The third-order valence-corrected chi connectivity index (χ3v) is 4.48. The number of rotatable bonds is 4. The molecule has 1 aromatic carbocycles. The third-order valence-electron chi connectivity index (χ3n) is 3.69. The Morgan fingerprint density at radius 1 is 1.33 bits per heavy atom. The molecule has 9 heteroatoms. The van der Waals surface area contributed by atoms with E-state index in [1.165, 1.54) is 6.07 Å². The molecule has 0 spiro atoms. The van der Waals surface area contributed by atoms with Crippen LogP contribution in [0.4, 0.5) is 0 Å². The lowest BCUT2D eigenvalue weighted by atomic mass is 10.1. The van der Waals surface area contributed by atoms with E-state index < -0.39 is 27.1 Å². The fourth-order valence-corrected chi connectivity index (χ4v) is 3.21. The molecular formula is C15H16N4O4S. The summed E-state index contributed by atoms with van der Waals surface area (Å²) in [5.41, 5.74) is 7.03. The predicted molar refractivity (Wildman–Crippen MR) is 88.9 cm³/mol. The molecule has 1 amide bonds. The molecule has 3 aromatic rings. The zero-order chi connectivity index (χ0) is 17.6. The molecule has 0 radical (unpaired) electrons. The lowest BCUT2D eigenvalue weighted by Gasteiger charge is -2.05. The molecule has 6 N–H and O–H groups in total. The summed E-state index contributed by atoms with van der Waals surface area (Å²) in [6.07, 6.45) is -0.0752. The van der Waals surface area contributed by atoms with Crippen molar-refractivity contribution in [3.63, 3.8) is 0 Å². The SMILES string of the molecule is CC(O)Cc1ccc2[nH]c3c(C(N)=O)nc(S(N)(=O)=O)cc3c2c1. The quantitative estimate of drug-likeness (QED) is 0.537. The van der Waals surface area contributed by atoms with Gasteiger partial charge in [-0.1, -0.05) is 6.07 Å². The number of aliphatic hydroxyl groups is 1. The smallest absolute Gasteiger partial charge is 0.269 e. The van der Waals surface area contributed by atoms with Crippen LogP contribution in [0.5, 0.6) is 0 Å². The third kappa shape index (κ3) is 2.84. The molecule has 0 aliphatic rings. The predicted octanol–water partition coefficient (Wildman–Crippen LogP) is 0.386. The molecule has 0 bridgehead atoms. The Balaban J connectivity index is 2.39. The second-order valence-corrected chi connectivity index (χ2v) is 7.21. The summed E-state index contributed by atoms with van der Waals surface area (Å²) >= 11 is 0. The highest BCUT2D eigenvalue weighted by Crippen LogP contribution is 2.29. The molecule has 2 heterocycles. The Morgan fingerprint density at radius 3 is 2.62 bits per heavy atom. The van der Waals surface area contributed by atoms with Gasteiger partial charge >= 0.3 is 0 Å². The van der Waals surface area contributed by atoms with Crippen LogP contribution in [-0.4, -0.2) is 35.5 Å². The molecule has 8 nitrogen and oxygen atoms in total. The second-order valence-electron chi connectivity index (χ2n) is 5.70. The van der Waals surface area contributed by atoms with Crippen LogP contribution < -0.4 is 10.9 Å². The van der Waals surface area contributed by atoms with E-state index in [-0.39, 0.29) is 5.69 Å². The Kier molecular flexibility index (Phi) is 3.78. The first-order valence-corrected chi connectivity index (χ1v) is 8.67. The number of carbonyl (C=O) groups is 1. The maximum atomic E-state index is 11.7. The summed E-state index contributed by atoms with van der Waals surface area (Å²) in [6.45, 7) is 1.67. The lowest BCUT2D eigenvalue weighted by molar-refractivity contribution is 0.0996. The number of aromatic amines is 1. The standard InChI is InChI=1S/C15H16N4O4S/c1-7(20)4-8-2-3-11-9(5-8)10-6-12(24(17,22)23)19-14(15(16)21)13(10)18-11/h2-3,5-7,18,20H,4H2,1H3,(H2,16,21)(H2,17,22,23). The number of hydrogen-bond acceptors (Lipinski definition) is 5. The number of amides is 1. The number of aliphatic hydroxyl groups excluding tert-OH is 1. The maximum absolute atomic E-state index is 11.7. The molecule has 24 heavy (non-hydrogen) atoms. The van der Waals surface area contributed by atoms with E-state index in [2.05, 4.69) is 9.97 Å². The molecule has 3 rings (SSSR count). The number of primary sulfonamides is 1. The number of fused-ring (bicyclic) bond motifs is 3. The van der Waals surface area contributed by atoms with Crippen molar-refractivity contribution < 1.29 is 18.3 Å². The van der Waals surface area contributed by atoms with Crippen LogP contribution in [0.25, 0.3) is 21.8 Å². The van der Waals surface area contributed by atoms with Gasteiger partial charge in [-0.25, -0.2) is 18.5 Å². The van der Waals surface area contributed by atoms with Crippen molar-refractivity contribution in [2.45, 2.75) is 24.5 Å². The van der Waals surface area contributed by atoms with Crippen LogP contribution in [0.1, 0.15) is 23.0 Å². The number of nitrogens with zero attached hydrogens (tertiary/aromatic N) is 1. The van der Waals surface area contributed by atoms with Gasteiger partial charge < -0.3 is 15.8 Å². The van der Waals surface area contributed by atoms with Gasteiger partial charge in [-0.15, -0.1) is 0 Å². The number of hydrogen-bond donors (Lipinski definition) is 4. The fraction of sp³-hybridized carbons (Fsp3) is 0.200. The van der Waals surface area contributed by atoms with Crippen molar-refractivity contribution in [3.05, 3.63) is 35.5 Å². The van der Waals surface area contributed by atoms with Crippen LogP contribution in [0.15, 0.2) is 29.3 Å². The molecule has 0 aliphatic heterocycles. The van der Waals surface area contributed by atoms with Crippen molar-refractivity contribution >= 4 is 37.7 Å². The van der Waals surface area contributed by atoms with Gasteiger partial charge in [-0.2, -0.15) is 0 Å². The zero-order valence-corrected chi connectivity index (χ0v) is 13.6. The number of H-pyrrole nitrogens is 1. The number of benzene rings is 1. The van der Waals surface area contributed by atoms with Crippen LogP contribution in [0.2, 0.25) is 0 Å². The molecule has 126 valence electrons. The van der Waals surface area contributed by atoms with Crippen LogP contribution in [0.3, 0.4) is 0 Å². The van der Waals surface area contributed by atoms with E-state index >= 15 is 0 Å². The number of primary amides is 1. The Morgan fingerprint density at radius 2 is 2.04 bits per heavy atom. The van der Waals surface area contributed by atoms with E-state index in [1.54, 1.807) is 13.0 Å². The van der Waals surface area contributed by atoms with Crippen LogP contribution >= 0.6 is 0 Å². The Labute approximate surface area is 137 Å². The number of pyridine rings is 1. The van der Waals surface area contributed by atoms with E-state index in [0.717, 1.165) is 5.56 Å². The molecule has 1 unspecified atom stereocenters. The van der Waals surface area contributed by atoms with Gasteiger partial charge in [-0.05, 0) is 37.1 Å². The zero-order valence-electron chi connectivity index (χ0n) is 12.8. The summed E-state index contributed by atoms with van der Waals surface area (Å²) in [5, 5.41) is 15.4. The van der Waals surface area contributed by atoms with Gasteiger partial charge in [0.2, 0.25) is 0 Å². The Bertz CT molecular complexity index is 1070. The topological polar surface area (TPSA) is 152 Å². The molecule has 0 aliphatic carbocycles. The van der Waals surface area contributed by atoms with Crippen molar-refractivity contribution in [1.82, 2.24) is 9.97 Å². The van der Waals surface area contributed by atoms with Gasteiger partial charge in [0.15, 0.2) is 10.7 Å². The number of nitrogens with one attached hydrogen (secondary N) is 1. The summed E-state index contributed by atoms with van der Waals surface area (Å²) < 4.78 is 23.3. The van der Waals surface area contributed by atoms with Gasteiger partial charge in [0, 0.05) is 16.3 Å². The van der Waals surface area contributed by atoms with E-state index in [9.17, 15) is 18.3 Å². The highest BCUT2D eigenvalue weighted by molar-refractivity contribution is 7.89. The van der Waals surface area contributed by atoms with E-state index in [0.29, 0.717) is 28.2 Å². The average molecular weight is 348 g/mol. The van der Waals surface area contributed by atoms with Gasteiger partial charge in [0.25, 0.3) is 15.9 Å². The Hall–Kier alpha value is -2.49. The van der Waals surface area contributed by atoms with Crippen LogP contribution in [-0.2, 0) is 16.4 Å². The van der Waals surface area contributed by atoms with Crippen molar-refractivity contribution in [3.8, 4) is 0 Å². The second kappa shape index (κ2) is 5.55. The molecular weight excluding hydrogens is 332 g/mol. The van der Waals surface area contributed by atoms with Gasteiger partial charge in [-0.3, -0.25) is 4.79 Å². The van der Waals surface area contributed by atoms with Crippen molar-refractivity contribution in [2.75, 3.05) is 0 Å². The number of aromatic nitrogens is 2.